The minimum Gasteiger partial charge on any atom is -0.310 e. The first-order valence-corrected chi connectivity index (χ1v) is 7.77. The molecule has 114 valence electrons. The predicted octanol–water partition coefficient (Wildman–Crippen LogP) is 4.25. The molecule has 0 fully saturated rings. The first kappa shape index (κ1) is 15.8. The Morgan fingerprint density at radius 2 is 1.81 bits per heavy atom. The molecular weight excluding hydrogens is 258 g/mol. The topological polar surface area (TPSA) is 29.9 Å². The second-order valence-electron chi connectivity index (χ2n) is 6.40. The highest BCUT2D eigenvalue weighted by atomic mass is 15.3. The van der Waals surface area contributed by atoms with E-state index < -0.39 is 0 Å². The van der Waals surface area contributed by atoms with Crippen molar-refractivity contribution in [3.8, 4) is 11.1 Å². The van der Waals surface area contributed by atoms with E-state index in [-0.39, 0.29) is 0 Å². The molecule has 1 heterocycles. The van der Waals surface area contributed by atoms with E-state index in [4.69, 9.17) is 0 Å². The first-order valence-electron chi connectivity index (χ1n) is 7.77. The monoisotopic (exact) mass is 285 g/mol. The lowest BCUT2D eigenvalue weighted by atomic mass is 9.98. The molecule has 0 spiro atoms. The maximum atomic E-state index is 4.65. The van der Waals surface area contributed by atoms with Crippen molar-refractivity contribution in [3.05, 3.63) is 41.2 Å². The highest BCUT2D eigenvalue weighted by Crippen LogP contribution is 2.28. The summed E-state index contributed by atoms with van der Waals surface area (Å²) in [4.78, 5) is 0. The van der Waals surface area contributed by atoms with Crippen LogP contribution < -0.4 is 5.32 Å². The van der Waals surface area contributed by atoms with Gasteiger partial charge in [0.25, 0.3) is 0 Å². The fourth-order valence-electron chi connectivity index (χ4n) is 2.42. The van der Waals surface area contributed by atoms with Gasteiger partial charge in [-0.3, -0.25) is 4.68 Å². The normalized spacial score (nSPS) is 11.6. The van der Waals surface area contributed by atoms with Crippen LogP contribution in [0.5, 0.6) is 0 Å². The van der Waals surface area contributed by atoms with Crippen LogP contribution in [0.3, 0.4) is 0 Å². The van der Waals surface area contributed by atoms with E-state index in [1.165, 1.54) is 22.3 Å². The quantitative estimate of drug-likeness (QED) is 0.890. The first-order chi connectivity index (χ1) is 9.88. The highest BCUT2D eigenvalue weighted by molar-refractivity contribution is 5.69. The zero-order valence-corrected chi connectivity index (χ0v) is 14.1. The summed E-state index contributed by atoms with van der Waals surface area (Å²) in [5.74, 6) is 0. The van der Waals surface area contributed by atoms with Gasteiger partial charge < -0.3 is 5.32 Å². The van der Waals surface area contributed by atoms with Crippen LogP contribution in [0, 0.1) is 13.8 Å². The van der Waals surface area contributed by atoms with Gasteiger partial charge >= 0.3 is 0 Å². The van der Waals surface area contributed by atoms with Gasteiger partial charge in [-0.25, -0.2) is 0 Å². The molecule has 1 N–H and O–H groups in total. The summed E-state index contributed by atoms with van der Waals surface area (Å²) in [5, 5.41) is 8.16. The SMILES string of the molecule is Cc1ccc(CNC(C)C)c(-c2cn(C(C)C)nc2C)c1. The summed E-state index contributed by atoms with van der Waals surface area (Å²) >= 11 is 0. The molecule has 3 heteroatoms. The average Bonchev–Trinajstić information content (AvgIpc) is 2.79. The highest BCUT2D eigenvalue weighted by Gasteiger charge is 2.13. The van der Waals surface area contributed by atoms with Crippen molar-refractivity contribution in [3.63, 3.8) is 0 Å². The molecule has 0 aliphatic heterocycles. The van der Waals surface area contributed by atoms with E-state index in [2.05, 4.69) is 76.4 Å². The van der Waals surface area contributed by atoms with Crippen LogP contribution in [0.25, 0.3) is 11.1 Å². The Kier molecular flexibility index (Phi) is 4.84. The third-order valence-corrected chi connectivity index (χ3v) is 3.70. The minimum atomic E-state index is 0.388. The second kappa shape index (κ2) is 6.44. The summed E-state index contributed by atoms with van der Waals surface area (Å²) in [6.45, 7) is 13.8. The Morgan fingerprint density at radius 1 is 1.10 bits per heavy atom. The lowest BCUT2D eigenvalue weighted by Crippen LogP contribution is -2.22. The molecule has 0 amide bonds. The number of nitrogens with one attached hydrogen (secondary N) is 1. The van der Waals surface area contributed by atoms with E-state index in [1.807, 2.05) is 4.68 Å². The van der Waals surface area contributed by atoms with Crippen molar-refractivity contribution in [1.82, 2.24) is 15.1 Å². The molecular formula is C18H27N3. The Bertz CT molecular complexity index is 609. The number of hydrogen-bond acceptors (Lipinski definition) is 2. The fourth-order valence-corrected chi connectivity index (χ4v) is 2.42. The van der Waals surface area contributed by atoms with Crippen molar-refractivity contribution in [1.29, 1.82) is 0 Å². The Balaban J connectivity index is 2.44. The lowest BCUT2D eigenvalue weighted by Gasteiger charge is -2.13. The second-order valence-corrected chi connectivity index (χ2v) is 6.40. The molecule has 0 aliphatic rings. The Labute approximate surface area is 128 Å². The summed E-state index contributed by atoms with van der Waals surface area (Å²) in [6, 6.07) is 7.56. The summed E-state index contributed by atoms with van der Waals surface area (Å²) in [6.07, 6.45) is 2.17. The fraction of sp³-hybridized carbons (Fsp3) is 0.500. The van der Waals surface area contributed by atoms with Crippen molar-refractivity contribution >= 4 is 0 Å². The van der Waals surface area contributed by atoms with E-state index in [0.717, 1.165) is 12.2 Å². The van der Waals surface area contributed by atoms with Gasteiger partial charge in [-0.05, 0) is 38.8 Å². The van der Waals surface area contributed by atoms with Crippen molar-refractivity contribution in [2.24, 2.45) is 0 Å². The maximum absolute atomic E-state index is 4.65. The van der Waals surface area contributed by atoms with E-state index in [9.17, 15) is 0 Å². The number of hydrogen-bond donors (Lipinski definition) is 1. The van der Waals surface area contributed by atoms with Crippen LogP contribution in [-0.4, -0.2) is 15.8 Å². The van der Waals surface area contributed by atoms with Gasteiger partial charge in [0.1, 0.15) is 0 Å². The molecule has 0 unspecified atom stereocenters. The van der Waals surface area contributed by atoms with Gasteiger partial charge in [-0.15, -0.1) is 0 Å². The molecule has 0 bridgehead atoms. The van der Waals surface area contributed by atoms with Crippen LogP contribution in [0.15, 0.2) is 24.4 Å². The molecule has 0 saturated carbocycles. The molecule has 0 radical (unpaired) electrons. The third kappa shape index (κ3) is 3.73. The molecule has 0 atom stereocenters. The molecule has 21 heavy (non-hydrogen) atoms. The average molecular weight is 285 g/mol. The molecule has 0 aliphatic carbocycles. The molecule has 1 aromatic carbocycles. The number of nitrogens with zero attached hydrogens (tertiary/aromatic N) is 2. The van der Waals surface area contributed by atoms with E-state index in [0.29, 0.717) is 12.1 Å². The molecule has 3 nitrogen and oxygen atoms in total. The summed E-state index contributed by atoms with van der Waals surface area (Å²) < 4.78 is 2.05. The van der Waals surface area contributed by atoms with Crippen LogP contribution in [0.1, 0.15) is 50.6 Å². The number of aromatic nitrogens is 2. The predicted molar refractivity (Wildman–Crippen MR) is 89.5 cm³/mol. The standard InChI is InChI=1S/C18H27N3/c1-12(2)19-10-16-8-7-14(5)9-17(16)18-11-21(13(3)4)20-15(18)6/h7-9,11-13,19H,10H2,1-6H3. The Hall–Kier alpha value is -1.61. The zero-order chi connectivity index (χ0) is 15.6. The van der Waals surface area contributed by atoms with E-state index >= 15 is 0 Å². The molecule has 0 saturated heterocycles. The largest absolute Gasteiger partial charge is 0.310 e. The molecule has 2 rings (SSSR count). The Morgan fingerprint density at radius 3 is 2.38 bits per heavy atom. The van der Waals surface area contributed by atoms with Crippen molar-refractivity contribution < 1.29 is 0 Å². The van der Waals surface area contributed by atoms with E-state index in [1.54, 1.807) is 0 Å². The van der Waals surface area contributed by atoms with Gasteiger partial charge in [-0.2, -0.15) is 5.10 Å². The zero-order valence-electron chi connectivity index (χ0n) is 14.1. The van der Waals surface area contributed by atoms with Crippen molar-refractivity contribution in [2.45, 2.75) is 60.2 Å². The van der Waals surface area contributed by atoms with Gasteiger partial charge in [0.2, 0.25) is 0 Å². The number of rotatable bonds is 5. The van der Waals surface area contributed by atoms with Gasteiger partial charge in [-0.1, -0.05) is 37.6 Å². The van der Waals surface area contributed by atoms with Crippen LogP contribution in [0.2, 0.25) is 0 Å². The summed E-state index contributed by atoms with van der Waals surface area (Å²) in [7, 11) is 0. The van der Waals surface area contributed by atoms with Crippen LogP contribution in [0.4, 0.5) is 0 Å². The molecule has 2 aromatic rings. The van der Waals surface area contributed by atoms with Gasteiger partial charge in [0.05, 0.1) is 5.69 Å². The van der Waals surface area contributed by atoms with Crippen LogP contribution >= 0.6 is 0 Å². The smallest absolute Gasteiger partial charge is 0.0672 e. The number of aryl methyl sites for hydroxylation is 2. The van der Waals surface area contributed by atoms with Crippen LogP contribution in [-0.2, 0) is 6.54 Å². The third-order valence-electron chi connectivity index (χ3n) is 3.70. The van der Waals surface area contributed by atoms with Crippen molar-refractivity contribution in [2.75, 3.05) is 0 Å². The summed E-state index contributed by atoms with van der Waals surface area (Å²) in [5.41, 5.74) is 6.26. The maximum Gasteiger partial charge on any atom is 0.0672 e. The van der Waals surface area contributed by atoms with Gasteiger partial charge in [0, 0.05) is 30.4 Å². The number of benzene rings is 1. The lowest BCUT2D eigenvalue weighted by molar-refractivity contribution is 0.529. The van der Waals surface area contributed by atoms with Gasteiger partial charge in [0.15, 0.2) is 0 Å². The molecule has 1 aromatic heterocycles. The minimum absolute atomic E-state index is 0.388.